The Morgan fingerprint density at radius 3 is 2.56 bits per heavy atom. The summed E-state index contributed by atoms with van der Waals surface area (Å²) in [7, 11) is 0. The number of esters is 1. The van der Waals surface area contributed by atoms with Gasteiger partial charge in [-0.15, -0.1) is 0 Å². The third-order valence-corrected chi connectivity index (χ3v) is 4.63. The van der Waals surface area contributed by atoms with Crippen molar-refractivity contribution in [2.75, 3.05) is 13.2 Å². The number of benzene rings is 2. The van der Waals surface area contributed by atoms with Crippen molar-refractivity contribution in [2.45, 2.75) is 17.1 Å². The Morgan fingerprint density at radius 2 is 1.81 bits per heavy atom. The molecule has 5 nitrogen and oxygen atoms in total. The number of thioether (sulfide) groups is 1. The van der Waals surface area contributed by atoms with Gasteiger partial charge in [0.05, 0.1) is 17.8 Å². The van der Waals surface area contributed by atoms with Gasteiger partial charge in [-0.3, -0.25) is 4.79 Å². The lowest BCUT2D eigenvalue weighted by Gasteiger charge is -2.12. The molecule has 0 fully saturated rings. The lowest BCUT2D eigenvalue weighted by atomic mass is 10.1. The minimum absolute atomic E-state index is 0.00509. The summed E-state index contributed by atoms with van der Waals surface area (Å²) < 4.78 is 30.2. The Kier molecular flexibility index (Phi) is 6.18. The number of alkyl halides is 2. The van der Waals surface area contributed by atoms with Crippen LogP contribution >= 0.6 is 11.8 Å². The van der Waals surface area contributed by atoms with E-state index in [1.807, 2.05) is 30.3 Å². The van der Waals surface area contributed by atoms with E-state index in [2.05, 4.69) is 5.10 Å². The van der Waals surface area contributed by atoms with E-state index in [1.54, 1.807) is 12.1 Å². The summed E-state index contributed by atoms with van der Waals surface area (Å²) in [6, 6.07) is 15.4. The van der Waals surface area contributed by atoms with Crippen LogP contribution < -0.4 is 0 Å². The standard InChI is InChI=1S/C19H16F2N2O3S/c20-19(21)27-16-9-5-4-8-14(16)18(25)26-12-17(24)23-11-10-15(22-23)13-6-2-1-3-7-13/h1-9,19H,10-12H2. The van der Waals surface area contributed by atoms with Crippen LogP contribution in [0.25, 0.3) is 0 Å². The van der Waals surface area contributed by atoms with E-state index in [0.29, 0.717) is 13.0 Å². The Labute approximate surface area is 159 Å². The van der Waals surface area contributed by atoms with E-state index in [4.69, 9.17) is 4.74 Å². The quantitative estimate of drug-likeness (QED) is 0.556. The van der Waals surface area contributed by atoms with Gasteiger partial charge in [-0.2, -0.15) is 13.9 Å². The van der Waals surface area contributed by atoms with Crippen molar-refractivity contribution in [2.24, 2.45) is 5.10 Å². The van der Waals surface area contributed by atoms with Crippen molar-refractivity contribution in [3.05, 3.63) is 65.7 Å². The number of carbonyl (C=O) groups excluding carboxylic acids is 2. The highest BCUT2D eigenvalue weighted by molar-refractivity contribution is 7.99. The molecule has 0 saturated heterocycles. The number of hydrazone groups is 1. The first-order valence-electron chi connectivity index (χ1n) is 8.19. The van der Waals surface area contributed by atoms with Crippen LogP contribution in [0.2, 0.25) is 0 Å². The third kappa shape index (κ3) is 4.91. The van der Waals surface area contributed by atoms with Gasteiger partial charge in [-0.05, 0) is 17.7 Å². The molecule has 2 aromatic rings. The summed E-state index contributed by atoms with van der Waals surface area (Å²) in [5, 5.41) is 5.53. The van der Waals surface area contributed by atoms with E-state index >= 15 is 0 Å². The summed E-state index contributed by atoms with van der Waals surface area (Å²) in [4.78, 5) is 24.5. The number of hydrogen-bond acceptors (Lipinski definition) is 5. The number of halogens is 2. The topological polar surface area (TPSA) is 59.0 Å². The second-order valence-electron chi connectivity index (χ2n) is 5.63. The minimum atomic E-state index is -2.66. The normalized spacial score (nSPS) is 13.6. The van der Waals surface area contributed by atoms with Gasteiger partial charge in [-0.1, -0.05) is 54.2 Å². The fourth-order valence-electron chi connectivity index (χ4n) is 2.58. The maximum absolute atomic E-state index is 12.6. The smallest absolute Gasteiger partial charge is 0.339 e. The predicted molar refractivity (Wildman–Crippen MR) is 97.9 cm³/mol. The summed E-state index contributed by atoms with van der Waals surface area (Å²) in [5.41, 5.74) is 1.72. The second-order valence-corrected chi connectivity index (χ2v) is 6.66. The second kappa shape index (κ2) is 8.77. The molecular formula is C19H16F2N2O3S. The number of ether oxygens (including phenoxy) is 1. The summed E-state index contributed by atoms with van der Waals surface area (Å²) in [6.07, 6.45) is 0.609. The molecule has 0 radical (unpaired) electrons. The molecule has 27 heavy (non-hydrogen) atoms. The Balaban J connectivity index is 1.60. The molecule has 0 aliphatic carbocycles. The lowest BCUT2D eigenvalue weighted by molar-refractivity contribution is -0.134. The highest BCUT2D eigenvalue weighted by atomic mass is 32.2. The van der Waals surface area contributed by atoms with Crippen LogP contribution in [0.5, 0.6) is 0 Å². The SMILES string of the molecule is O=C(OCC(=O)N1CCC(c2ccccc2)=N1)c1ccccc1SC(F)F. The zero-order chi connectivity index (χ0) is 19.2. The van der Waals surface area contributed by atoms with Gasteiger partial charge < -0.3 is 4.74 Å². The van der Waals surface area contributed by atoms with Crippen molar-refractivity contribution < 1.29 is 23.1 Å². The van der Waals surface area contributed by atoms with Crippen LogP contribution in [0, 0.1) is 0 Å². The molecule has 0 spiro atoms. The molecule has 0 aromatic heterocycles. The Hall–Kier alpha value is -2.74. The molecule has 0 saturated carbocycles. The fourth-order valence-corrected chi connectivity index (χ4v) is 3.21. The first-order valence-corrected chi connectivity index (χ1v) is 9.07. The van der Waals surface area contributed by atoms with Gasteiger partial charge in [0.25, 0.3) is 11.7 Å². The first-order chi connectivity index (χ1) is 13.0. The number of rotatable bonds is 6. The molecule has 0 atom stereocenters. The first kappa shape index (κ1) is 19.0. The molecule has 1 aliphatic rings. The van der Waals surface area contributed by atoms with Gasteiger partial charge in [0, 0.05) is 11.3 Å². The zero-order valence-electron chi connectivity index (χ0n) is 14.2. The van der Waals surface area contributed by atoms with Crippen LogP contribution in [0.1, 0.15) is 22.3 Å². The summed E-state index contributed by atoms with van der Waals surface area (Å²) in [6.45, 7) is -0.101. The van der Waals surface area contributed by atoms with Gasteiger partial charge in [-0.25, -0.2) is 9.80 Å². The Morgan fingerprint density at radius 1 is 1.11 bits per heavy atom. The van der Waals surface area contributed by atoms with Crippen molar-refractivity contribution in [1.82, 2.24) is 5.01 Å². The number of amides is 1. The van der Waals surface area contributed by atoms with E-state index in [9.17, 15) is 18.4 Å². The summed E-state index contributed by atoms with van der Waals surface area (Å²) in [5.74, 6) is -3.94. The van der Waals surface area contributed by atoms with Crippen molar-refractivity contribution in [1.29, 1.82) is 0 Å². The van der Waals surface area contributed by atoms with E-state index in [-0.39, 0.29) is 22.2 Å². The van der Waals surface area contributed by atoms with Gasteiger partial charge in [0.15, 0.2) is 6.61 Å². The number of hydrogen-bond donors (Lipinski definition) is 0. The molecule has 1 aliphatic heterocycles. The molecule has 3 rings (SSSR count). The third-order valence-electron chi connectivity index (χ3n) is 3.85. The monoisotopic (exact) mass is 390 g/mol. The molecule has 0 unspecified atom stereocenters. The Bertz CT molecular complexity index is 859. The minimum Gasteiger partial charge on any atom is -0.452 e. The van der Waals surface area contributed by atoms with Crippen molar-refractivity contribution >= 4 is 29.4 Å². The van der Waals surface area contributed by atoms with Crippen LogP contribution in [0.4, 0.5) is 8.78 Å². The molecule has 1 heterocycles. The molecule has 0 bridgehead atoms. The van der Waals surface area contributed by atoms with Crippen LogP contribution in [-0.4, -0.2) is 41.5 Å². The molecular weight excluding hydrogens is 374 g/mol. The van der Waals surface area contributed by atoms with Gasteiger partial charge in [0.2, 0.25) is 0 Å². The molecule has 1 amide bonds. The predicted octanol–water partition coefficient (Wildman–Crippen LogP) is 3.79. The summed E-state index contributed by atoms with van der Waals surface area (Å²) >= 11 is 0.259. The lowest BCUT2D eigenvalue weighted by Crippen LogP contribution is -2.28. The average molecular weight is 390 g/mol. The molecule has 2 aromatic carbocycles. The highest BCUT2D eigenvalue weighted by Gasteiger charge is 2.23. The molecule has 8 heteroatoms. The average Bonchev–Trinajstić information content (AvgIpc) is 3.17. The van der Waals surface area contributed by atoms with Crippen LogP contribution in [-0.2, 0) is 9.53 Å². The number of nitrogens with zero attached hydrogens (tertiary/aromatic N) is 2. The van der Waals surface area contributed by atoms with Crippen LogP contribution in [0.15, 0.2) is 64.6 Å². The van der Waals surface area contributed by atoms with Gasteiger partial charge in [0.1, 0.15) is 0 Å². The zero-order valence-corrected chi connectivity index (χ0v) is 15.0. The fraction of sp³-hybridized carbons (Fsp3) is 0.211. The van der Waals surface area contributed by atoms with Crippen LogP contribution in [0.3, 0.4) is 0 Å². The largest absolute Gasteiger partial charge is 0.452 e. The maximum Gasteiger partial charge on any atom is 0.339 e. The molecule has 140 valence electrons. The van der Waals surface area contributed by atoms with E-state index < -0.39 is 24.2 Å². The number of carbonyl (C=O) groups is 2. The highest BCUT2D eigenvalue weighted by Crippen LogP contribution is 2.28. The van der Waals surface area contributed by atoms with Gasteiger partial charge >= 0.3 is 5.97 Å². The van der Waals surface area contributed by atoms with Crippen molar-refractivity contribution in [3.63, 3.8) is 0 Å². The maximum atomic E-state index is 12.6. The van der Waals surface area contributed by atoms with Crippen molar-refractivity contribution in [3.8, 4) is 0 Å². The van der Waals surface area contributed by atoms with E-state index in [1.165, 1.54) is 17.1 Å². The molecule has 0 N–H and O–H groups in total. The van der Waals surface area contributed by atoms with E-state index in [0.717, 1.165) is 11.3 Å².